The predicted octanol–water partition coefficient (Wildman–Crippen LogP) is 3.14. The van der Waals surface area contributed by atoms with Crippen LogP contribution >= 0.6 is 0 Å². The lowest BCUT2D eigenvalue weighted by molar-refractivity contribution is 0.0618. The zero-order valence-corrected chi connectivity index (χ0v) is 15.2. The van der Waals surface area contributed by atoms with Crippen LogP contribution in [0.15, 0.2) is 30.6 Å². The number of fused-ring (bicyclic) bond motifs is 1. The molecule has 1 atom stereocenters. The predicted molar refractivity (Wildman–Crippen MR) is 95.0 cm³/mol. The van der Waals surface area contributed by atoms with Crippen molar-refractivity contribution in [3.8, 4) is 11.5 Å². The van der Waals surface area contributed by atoms with Gasteiger partial charge < -0.3 is 18.9 Å². The third kappa shape index (κ3) is 3.08. The van der Waals surface area contributed by atoms with Crippen molar-refractivity contribution in [2.45, 2.75) is 32.9 Å². The summed E-state index contributed by atoms with van der Waals surface area (Å²) in [5, 5.41) is 0. The van der Waals surface area contributed by atoms with E-state index >= 15 is 0 Å². The Morgan fingerprint density at radius 1 is 1.24 bits per heavy atom. The largest absolute Gasteiger partial charge is 0.493 e. The molecule has 1 unspecified atom stereocenters. The Morgan fingerprint density at radius 2 is 2.04 bits per heavy atom. The molecular weight excluding hydrogens is 318 g/mol. The zero-order chi connectivity index (χ0) is 18.0. The smallest absolute Gasteiger partial charge is 0.258 e. The van der Waals surface area contributed by atoms with Crippen LogP contribution in [0.2, 0.25) is 0 Å². The molecule has 1 aromatic carbocycles. The van der Waals surface area contributed by atoms with Crippen LogP contribution in [-0.2, 0) is 6.54 Å². The summed E-state index contributed by atoms with van der Waals surface area (Å²) in [7, 11) is 3.13. The second-order valence-electron chi connectivity index (χ2n) is 6.56. The van der Waals surface area contributed by atoms with E-state index in [1.54, 1.807) is 26.4 Å². The molecule has 0 radical (unpaired) electrons. The number of rotatable bonds is 4. The van der Waals surface area contributed by atoms with E-state index < -0.39 is 0 Å². The van der Waals surface area contributed by atoms with E-state index in [-0.39, 0.29) is 17.9 Å². The summed E-state index contributed by atoms with van der Waals surface area (Å²) in [5.41, 5.74) is 0.521. The molecule has 0 bridgehead atoms. The van der Waals surface area contributed by atoms with Crippen molar-refractivity contribution in [2.24, 2.45) is 5.92 Å². The highest BCUT2D eigenvalue weighted by molar-refractivity contribution is 5.98. The molecule has 0 aliphatic carbocycles. The van der Waals surface area contributed by atoms with Crippen LogP contribution in [0.5, 0.6) is 11.5 Å². The van der Waals surface area contributed by atoms with E-state index in [0.29, 0.717) is 23.6 Å². The highest BCUT2D eigenvalue weighted by atomic mass is 16.5. The number of methoxy groups -OCH3 is 2. The van der Waals surface area contributed by atoms with Crippen molar-refractivity contribution in [3.63, 3.8) is 0 Å². The van der Waals surface area contributed by atoms with Crippen molar-refractivity contribution in [1.29, 1.82) is 0 Å². The molecule has 3 rings (SSSR count). The van der Waals surface area contributed by atoms with Crippen molar-refractivity contribution in [3.05, 3.63) is 42.0 Å². The number of amides is 1. The second-order valence-corrected chi connectivity index (χ2v) is 6.56. The number of imidazole rings is 1. The highest BCUT2D eigenvalue weighted by Gasteiger charge is 2.34. The van der Waals surface area contributed by atoms with Crippen LogP contribution in [0, 0.1) is 5.92 Å². The molecule has 0 N–H and O–H groups in total. The molecule has 0 spiro atoms. The number of aryl methyl sites for hydroxylation is 1. The highest BCUT2D eigenvalue weighted by Crippen LogP contribution is 2.36. The number of nitrogens with zero attached hydrogens (tertiary/aromatic N) is 3. The van der Waals surface area contributed by atoms with Crippen LogP contribution in [0.1, 0.15) is 42.5 Å². The van der Waals surface area contributed by atoms with E-state index in [9.17, 15) is 4.79 Å². The molecule has 0 saturated heterocycles. The Hall–Kier alpha value is -2.50. The van der Waals surface area contributed by atoms with Gasteiger partial charge in [0.15, 0.2) is 11.5 Å². The van der Waals surface area contributed by atoms with Crippen LogP contribution < -0.4 is 9.47 Å². The Balaban J connectivity index is 2.04. The van der Waals surface area contributed by atoms with Crippen molar-refractivity contribution < 1.29 is 14.3 Å². The number of hydrogen-bond acceptors (Lipinski definition) is 4. The fraction of sp³-hybridized carbons (Fsp3) is 0.474. The van der Waals surface area contributed by atoms with Gasteiger partial charge in [0, 0.05) is 25.5 Å². The van der Waals surface area contributed by atoms with E-state index in [0.717, 1.165) is 18.8 Å². The molecule has 6 heteroatoms. The minimum Gasteiger partial charge on any atom is -0.493 e. The van der Waals surface area contributed by atoms with Crippen molar-refractivity contribution in [1.82, 2.24) is 14.5 Å². The van der Waals surface area contributed by atoms with Gasteiger partial charge in [-0.3, -0.25) is 4.79 Å². The second kappa shape index (κ2) is 7.17. The van der Waals surface area contributed by atoms with Crippen LogP contribution in [0.3, 0.4) is 0 Å². The zero-order valence-electron chi connectivity index (χ0n) is 15.2. The van der Waals surface area contributed by atoms with Gasteiger partial charge in [0.2, 0.25) is 0 Å². The lowest BCUT2D eigenvalue weighted by Gasteiger charge is -2.32. The molecule has 0 fully saturated rings. The molecule has 2 heterocycles. The summed E-state index contributed by atoms with van der Waals surface area (Å²) in [6, 6.07) is 5.34. The van der Waals surface area contributed by atoms with E-state index in [4.69, 9.17) is 9.47 Å². The first-order valence-corrected chi connectivity index (χ1v) is 8.61. The Labute approximate surface area is 148 Å². The number of carbonyl (C=O) groups is 1. The molecule has 1 aromatic heterocycles. The normalized spacial score (nSPS) is 17.2. The fourth-order valence-electron chi connectivity index (χ4n) is 3.56. The van der Waals surface area contributed by atoms with E-state index in [1.165, 1.54) is 0 Å². The topological polar surface area (TPSA) is 56.6 Å². The van der Waals surface area contributed by atoms with Gasteiger partial charge in [0.25, 0.3) is 5.91 Å². The first kappa shape index (κ1) is 17.3. The molecule has 1 aliphatic rings. The molecule has 2 aromatic rings. The van der Waals surface area contributed by atoms with E-state index in [2.05, 4.69) is 23.4 Å². The first-order chi connectivity index (χ1) is 12.1. The summed E-state index contributed by atoms with van der Waals surface area (Å²) in [6.07, 6.45) is 4.69. The summed E-state index contributed by atoms with van der Waals surface area (Å²) in [6.45, 7) is 5.80. The van der Waals surface area contributed by atoms with Gasteiger partial charge in [-0.25, -0.2) is 4.98 Å². The standard InChI is InChI=1S/C19H25N3O3/c1-13(2)16-18-20-9-12-21(18)10-6-11-22(16)19(23)14-7-5-8-15(24-3)17(14)25-4/h5,7-9,12-13,16H,6,10-11H2,1-4H3. The minimum atomic E-state index is -0.0686. The van der Waals surface area contributed by atoms with Crippen LogP contribution in [0.25, 0.3) is 0 Å². The monoisotopic (exact) mass is 343 g/mol. The van der Waals surface area contributed by atoms with Gasteiger partial charge in [-0.15, -0.1) is 0 Å². The number of benzene rings is 1. The third-order valence-corrected chi connectivity index (χ3v) is 4.67. The number of aromatic nitrogens is 2. The fourth-order valence-corrected chi connectivity index (χ4v) is 3.56. The third-order valence-electron chi connectivity index (χ3n) is 4.67. The van der Waals surface area contributed by atoms with Crippen molar-refractivity contribution in [2.75, 3.05) is 20.8 Å². The average molecular weight is 343 g/mol. The summed E-state index contributed by atoms with van der Waals surface area (Å²) < 4.78 is 13.0. The number of hydrogen-bond donors (Lipinski definition) is 0. The summed E-state index contributed by atoms with van der Waals surface area (Å²) >= 11 is 0. The SMILES string of the molecule is COc1cccc(C(=O)N2CCCn3ccnc3C2C(C)C)c1OC. The van der Waals surface area contributed by atoms with E-state index in [1.807, 2.05) is 23.4 Å². The molecule has 1 amide bonds. The van der Waals surface area contributed by atoms with Gasteiger partial charge in [-0.05, 0) is 24.5 Å². The van der Waals surface area contributed by atoms with Gasteiger partial charge in [-0.1, -0.05) is 19.9 Å². The number of carbonyl (C=O) groups excluding carboxylic acids is 1. The molecular formula is C19H25N3O3. The first-order valence-electron chi connectivity index (χ1n) is 8.61. The Morgan fingerprint density at radius 3 is 2.72 bits per heavy atom. The average Bonchev–Trinajstić information content (AvgIpc) is 2.99. The summed E-state index contributed by atoms with van der Waals surface area (Å²) in [4.78, 5) is 19.9. The molecule has 1 aliphatic heterocycles. The lowest BCUT2D eigenvalue weighted by Crippen LogP contribution is -2.38. The Kier molecular flexibility index (Phi) is 4.97. The number of para-hydroxylation sites is 1. The van der Waals surface area contributed by atoms with Gasteiger partial charge in [-0.2, -0.15) is 0 Å². The van der Waals surface area contributed by atoms with Crippen LogP contribution in [-0.4, -0.2) is 41.1 Å². The molecule has 134 valence electrons. The lowest BCUT2D eigenvalue weighted by atomic mass is 10.00. The maximum Gasteiger partial charge on any atom is 0.258 e. The maximum atomic E-state index is 13.4. The minimum absolute atomic E-state index is 0.0501. The van der Waals surface area contributed by atoms with Gasteiger partial charge in [0.05, 0.1) is 25.8 Å². The summed E-state index contributed by atoms with van der Waals surface area (Å²) in [5.74, 6) is 2.18. The molecule has 0 saturated carbocycles. The molecule has 6 nitrogen and oxygen atoms in total. The maximum absolute atomic E-state index is 13.4. The quantitative estimate of drug-likeness (QED) is 0.856. The molecule has 25 heavy (non-hydrogen) atoms. The van der Waals surface area contributed by atoms with Gasteiger partial charge in [0.1, 0.15) is 5.82 Å². The van der Waals surface area contributed by atoms with Gasteiger partial charge >= 0.3 is 0 Å². The van der Waals surface area contributed by atoms with Crippen molar-refractivity contribution >= 4 is 5.91 Å². The Bertz CT molecular complexity index is 754. The van der Waals surface area contributed by atoms with Crippen LogP contribution in [0.4, 0.5) is 0 Å². The number of ether oxygens (including phenoxy) is 2.